The van der Waals surface area contributed by atoms with Crippen LogP contribution in [-0.4, -0.2) is 26.6 Å². The van der Waals surface area contributed by atoms with Crippen molar-refractivity contribution in [1.29, 1.82) is 0 Å². The van der Waals surface area contributed by atoms with Gasteiger partial charge in [0.25, 0.3) is 5.91 Å². The minimum atomic E-state index is -0.814. The van der Waals surface area contributed by atoms with Gasteiger partial charge in [-0.05, 0) is 62.3 Å². The molecule has 0 saturated heterocycles. The molecule has 3 N–H and O–H groups in total. The fraction of sp³-hybridized carbons (Fsp3) is 0.588. The molecular formula is C17H20N2O5. The first-order valence-corrected chi connectivity index (χ1v) is 8.38. The minimum absolute atomic E-state index is 0.00717. The Bertz CT molecular complexity index is 695. The summed E-state index contributed by atoms with van der Waals surface area (Å²) in [6.45, 7) is 0. The lowest BCUT2D eigenvalue weighted by atomic mass is 9.53. The van der Waals surface area contributed by atoms with Crippen LogP contribution in [0.4, 0.5) is 5.69 Å². The van der Waals surface area contributed by atoms with E-state index in [4.69, 9.17) is 0 Å². The van der Waals surface area contributed by atoms with Gasteiger partial charge in [0.15, 0.2) is 5.75 Å². The van der Waals surface area contributed by atoms with Crippen molar-refractivity contribution in [2.75, 3.05) is 0 Å². The standard InChI is InChI=1S/C17H20N2O5/c20-14-5-12(4-13(15(14)21)19(23)24)16(22)18-17-6-9-1-10(7-17)3-11(2-9)8-17/h4-5,9-11,20-21H,1-3,6-8H2,(H,18,22). The molecule has 0 aromatic heterocycles. The molecular weight excluding hydrogens is 312 g/mol. The molecule has 1 amide bonds. The second-order valence-electron chi connectivity index (χ2n) is 7.77. The number of hydrogen-bond acceptors (Lipinski definition) is 5. The smallest absolute Gasteiger partial charge is 0.315 e. The number of benzene rings is 1. The molecule has 0 radical (unpaired) electrons. The third kappa shape index (κ3) is 2.39. The van der Waals surface area contributed by atoms with Crippen molar-refractivity contribution in [3.8, 4) is 11.5 Å². The predicted octanol–water partition coefficient (Wildman–Crippen LogP) is 2.70. The maximum atomic E-state index is 12.6. The van der Waals surface area contributed by atoms with Gasteiger partial charge in [-0.3, -0.25) is 14.9 Å². The highest BCUT2D eigenvalue weighted by atomic mass is 16.6. The van der Waals surface area contributed by atoms with Gasteiger partial charge in [0.1, 0.15) is 0 Å². The zero-order chi connectivity index (χ0) is 17.1. The van der Waals surface area contributed by atoms with E-state index in [0.717, 1.165) is 31.4 Å². The molecule has 0 unspecified atom stereocenters. The number of amides is 1. The van der Waals surface area contributed by atoms with Crippen LogP contribution in [0.2, 0.25) is 0 Å². The zero-order valence-electron chi connectivity index (χ0n) is 13.2. The minimum Gasteiger partial charge on any atom is -0.504 e. The SMILES string of the molecule is O=C(NC12CC3CC(CC(C3)C1)C2)c1cc(O)c(O)c([N+](=O)[O-])c1. The molecule has 7 heteroatoms. The summed E-state index contributed by atoms with van der Waals surface area (Å²) in [5.74, 6) is 0.110. The van der Waals surface area contributed by atoms with Gasteiger partial charge in [0.05, 0.1) is 10.5 Å². The molecule has 24 heavy (non-hydrogen) atoms. The zero-order valence-corrected chi connectivity index (χ0v) is 13.2. The molecule has 4 fully saturated rings. The summed E-state index contributed by atoms with van der Waals surface area (Å²) in [5.41, 5.74) is -0.868. The molecule has 0 atom stereocenters. The average Bonchev–Trinajstić information content (AvgIpc) is 2.47. The number of rotatable bonds is 3. The average molecular weight is 332 g/mol. The number of nitrogens with zero attached hydrogens (tertiary/aromatic N) is 1. The first kappa shape index (κ1) is 15.2. The van der Waals surface area contributed by atoms with Crippen LogP contribution in [-0.2, 0) is 0 Å². The number of nitrogens with one attached hydrogen (secondary N) is 1. The summed E-state index contributed by atoms with van der Waals surface area (Å²) in [7, 11) is 0. The summed E-state index contributed by atoms with van der Waals surface area (Å²) in [6.07, 6.45) is 6.66. The fourth-order valence-corrected chi connectivity index (χ4v) is 5.45. The maximum Gasteiger partial charge on any atom is 0.315 e. The lowest BCUT2D eigenvalue weighted by Gasteiger charge is -2.56. The Hall–Kier alpha value is -2.31. The van der Waals surface area contributed by atoms with Gasteiger partial charge in [0.2, 0.25) is 5.75 Å². The highest BCUT2D eigenvalue weighted by molar-refractivity contribution is 5.96. The van der Waals surface area contributed by atoms with Crippen LogP contribution in [0.5, 0.6) is 11.5 Å². The predicted molar refractivity (Wildman–Crippen MR) is 84.8 cm³/mol. The third-order valence-corrected chi connectivity index (χ3v) is 5.95. The molecule has 0 spiro atoms. The summed E-state index contributed by atoms with van der Waals surface area (Å²) in [6, 6.07) is 2.10. The Labute approximate surface area is 138 Å². The van der Waals surface area contributed by atoms with Crippen LogP contribution >= 0.6 is 0 Å². The Morgan fingerprint density at radius 2 is 1.67 bits per heavy atom. The van der Waals surface area contributed by atoms with Crippen molar-refractivity contribution in [3.63, 3.8) is 0 Å². The van der Waals surface area contributed by atoms with Crippen molar-refractivity contribution >= 4 is 11.6 Å². The molecule has 7 nitrogen and oxygen atoms in total. The van der Waals surface area contributed by atoms with Crippen LogP contribution in [0.25, 0.3) is 0 Å². The second-order valence-corrected chi connectivity index (χ2v) is 7.77. The number of phenolic OH excluding ortho intramolecular Hbond substituents is 2. The summed E-state index contributed by atoms with van der Waals surface area (Å²) in [4.78, 5) is 22.8. The Morgan fingerprint density at radius 3 is 2.17 bits per heavy atom. The van der Waals surface area contributed by atoms with Crippen molar-refractivity contribution in [2.24, 2.45) is 17.8 Å². The number of hydrogen-bond donors (Lipinski definition) is 3. The van der Waals surface area contributed by atoms with E-state index in [9.17, 15) is 25.1 Å². The maximum absolute atomic E-state index is 12.6. The molecule has 4 aliphatic rings. The molecule has 4 aliphatic carbocycles. The molecule has 128 valence electrons. The monoisotopic (exact) mass is 332 g/mol. The fourth-order valence-electron chi connectivity index (χ4n) is 5.45. The van der Waals surface area contributed by atoms with Crippen LogP contribution in [0.1, 0.15) is 48.9 Å². The highest BCUT2D eigenvalue weighted by Crippen LogP contribution is 2.55. The first-order valence-electron chi connectivity index (χ1n) is 8.38. The van der Waals surface area contributed by atoms with E-state index in [1.807, 2.05) is 0 Å². The molecule has 0 heterocycles. The van der Waals surface area contributed by atoms with Crippen LogP contribution in [0.15, 0.2) is 12.1 Å². The molecule has 5 rings (SSSR count). The molecule has 0 aliphatic heterocycles. The van der Waals surface area contributed by atoms with E-state index in [2.05, 4.69) is 5.32 Å². The summed E-state index contributed by atoms with van der Waals surface area (Å²) >= 11 is 0. The number of nitro groups is 1. The number of aromatic hydroxyl groups is 2. The van der Waals surface area contributed by atoms with Gasteiger partial charge in [-0.15, -0.1) is 0 Å². The highest BCUT2D eigenvalue weighted by Gasteiger charge is 2.51. The Morgan fingerprint density at radius 1 is 1.12 bits per heavy atom. The Kier molecular flexibility index (Phi) is 3.23. The van der Waals surface area contributed by atoms with Gasteiger partial charge in [-0.2, -0.15) is 0 Å². The molecule has 1 aromatic carbocycles. The van der Waals surface area contributed by atoms with E-state index in [0.29, 0.717) is 17.8 Å². The van der Waals surface area contributed by atoms with Crippen LogP contribution in [0, 0.1) is 27.9 Å². The number of carbonyl (C=O) groups is 1. The lowest BCUT2D eigenvalue weighted by molar-refractivity contribution is -0.386. The van der Waals surface area contributed by atoms with Crippen molar-refractivity contribution in [3.05, 3.63) is 27.8 Å². The van der Waals surface area contributed by atoms with Gasteiger partial charge < -0.3 is 15.5 Å². The topological polar surface area (TPSA) is 113 Å². The molecule has 4 saturated carbocycles. The van der Waals surface area contributed by atoms with Gasteiger partial charge in [-0.1, -0.05) is 0 Å². The van der Waals surface area contributed by atoms with E-state index < -0.39 is 28.0 Å². The third-order valence-electron chi connectivity index (χ3n) is 5.95. The number of phenols is 2. The Balaban J connectivity index is 1.60. The first-order chi connectivity index (χ1) is 11.3. The normalized spacial score (nSPS) is 33.4. The number of carbonyl (C=O) groups excluding carboxylic acids is 1. The van der Waals surface area contributed by atoms with E-state index in [1.54, 1.807) is 0 Å². The lowest BCUT2D eigenvalue weighted by Crippen LogP contribution is -2.59. The van der Waals surface area contributed by atoms with E-state index >= 15 is 0 Å². The number of nitro benzene ring substituents is 1. The van der Waals surface area contributed by atoms with Crippen molar-refractivity contribution < 1.29 is 19.9 Å². The summed E-state index contributed by atoms with van der Waals surface area (Å²) in [5, 5.41) is 33.3. The van der Waals surface area contributed by atoms with Gasteiger partial charge in [0, 0.05) is 11.6 Å². The summed E-state index contributed by atoms with van der Waals surface area (Å²) < 4.78 is 0. The van der Waals surface area contributed by atoms with Crippen molar-refractivity contribution in [1.82, 2.24) is 5.32 Å². The van der Waals surface area contributed by atoms with Crippen LogP contribution in [0.3, 0.4) is 0 Å². The second kappa shape index (κ2) is 5.09. The molecule has 1 aromatic rings. The van der Waals surface area contributed by atoms with Gasteiger partial charge in [-0.25, -0.2) is 0 Å². The quantitative estimate of drug-likeness (QED) is 0.447. The van der Waals surface area contributed by atoms with Crippen molar-refractivity contribution in [2.45, 2.75) is 44.1 Å². The van der Waals surface area contributed by atoms with E-state index in [-0.39, 0.29) is 11.1 Å². The largest absolute Gasteiger partial charge is 0.504 e. The molecule has 4 bridgehead atoms. The van der Waals surface area contributed by atoms with E-state index in [1.165, 1.54) is 19.3 Å². The van der Waals surface area contributed by atoms with Gasteiger partial charge >= 0.3 is 5.69 Å². The van der Waals surface area contributed by atoms with Crippen LogP contribution < -0.4 is 5.32 Å².